The number of benzene rings is 1. The molecule has 1 aromatic carbocycles. The summed E-state index contributed by atoms with van der Waals surface area (Å²) in [6.07, 6.45) is 0. The van der Waals surface area contributed by atoms with E-state index in [4.69, 9.17) is 17.4 Å². The van der Waals surface area contributed by atoms with Crippen LogP contribution in [0.3, 0.4) is 0 Å². The largest absolute Gasteiger partial charge is 0.338 e. The van der Waals surface area contributed by atoms with Crippen molar-refractivity contribution < 1.29 is 4.79 Å². The average molecular weight is 442 g/mol. The highest BCUT2D eigenvalue weighted by Gasteiger charge is 2.21. The lowest BCUT2D eigenvalue weighted by Crippen LogP contribution is -2.52. The van der Waals surface area contributed by atoms with Crippen LogP contribution in [0.1, 0.15) is 0 Å². The Morgan fingerprint density at radius 2 is 1.96 bits per heavy atom. The Labute approximate surface area is 156 Å². The van der Waals surface area contributed by atoms with Crippen molar-refractivity contribution in [2.75, 3.05) is 26.2 Å². The summed E-state index contributed by atoms with van der Waals surface area (Å²) in [5, 5.41) is 2.20. The Kier molecular flexibility index (Phi) is 6.10. The lowest BCUT2D eigenvalue weighted by Gasteiger charge is -2.32. The number of fused-ring (bicyclic) bond motifs is 1. The maximum absolute atomic E-state index is 12.4. The van der Waals surface area contributed by atoms with E-state index in [9.17, 15) is 9.59 Å². The second-order valence-corrected chi connectivity index (χ2v) is 7.36. The van der Waals surface area contributed by atoms with Gasteiger partial charge in [0.1, 0.15) is 6.54 Å². The van der Waals surface area contributed by atoms with Crippen LogP contribution in [0, 0.1) is 0 Å². The van der Waals surface area contributed by atoms with Gasteiger partial charge in [-0.2, -0.15) is 0 Å². The van der Waals surface area contributed by atoms with Crippen molar-refractivity contribution in [3.8, 4) is 0 Å². The molecular formula is C13H15BrCl2N4O2S. The molecule has 2 N–H and O–H groups in total. The first-order chi connectivity index (χ1) is 10.5. The molecule has 2 aromatic rings. The molecule has 2 heterocycles. The first-order valence-corrected chi connectivity index (χ1v) is 8.70. The van der Waals surface area contributed by atoms with Crippen LogP contribution in [0.15, 0.2) is 21.4 Å². The van der Waals surface area contributed by atoms with Gasteiger partial charge in [-0.25, -0.2) is 5.01 Å². The van der Waals surface area contributed by atoms with E-state index >= 15 is 0 Å². The standard InChI is InChI=1S/C13H14BrClN4O2S.ClH/c14-8-5-11-10(6-9(8)15)19(13(21)22-11)7-12(20)17-1-3-18(16)4-2-17;/h5-6H,1-4,7,16H2;1H. The van der Waals surface area contributed by atoms with Gasteiger partial charge in [-0.15, -0.1) is 12.4 Å². The molecule has 23 heavy (non-hydrogen) atoms. The van der Waals surface area contributed by atoms with Gasteiger partial charge < -0.3 is 4.90 Å². The van der Waals surface area contributed by atoms with E-state index in [-0.39, 0.29) is 29.7 Å². The number of piperazine rings is 1. The van der Waals surface area contributed by atoms with Crippen LogP contribution in [0.25, 0.3) is 10.2 Å². The molecule has 0 radical (unpaired) electrons. The van der Waals surface area contributed by atoms with Gasteiger partial charge in [0.05, 0.1) is 15.2 Å². The molecule has 10 heteroatoms. The summed E-state index contributed by atoms with van der Waals surface area (Å²) in [6, 6.07) is 3.52. The van der Waals surface area contributed by atoms with Crippen LogP contribution in [0.5, 0.6) is 0 Å². The molecule has 3 rings (SSSR count). The summed E-state index contributed by atoms with van der Waals surface area (Å²) >= 11 is 10.5. The first kappa shape index (κ1) is 18.7. The highest BCUT2D eigenvalue weighted by molar-refractivity contribution is 9.10. The normalized spacial score (nSPS) is 15.7. The predicted molar refractivity (Wildman–Crippen MR) is 98.4 cm³/mol. The van der Waals surface area contributed by atoms with Crippen molar-refractivity contribution in [1.29, 1.82) is 0 Å². The number of aromatic nitrogens is 1. The third-order valence-corrected chi connectivity index (χ3v) is 5.81. The molecule has 1 aliphatic heterocycles. The smallest absolute Gasteiger partial charge is 0.308 e. The molecule has 1 aromatic heterocycles. The summed E-state index contributed by atoms with van der Waals surface area (Å²) in [4.78, 5) is 26.1. The van der Waals surface area contributed by atoms with Crippen molar-refractivity contribution >= 4 is 67.4 Å². The van der Waals surface area contributed by atoms with Gasteiger partial charge >= 0.3 is 4.87 Å². The summed E-state index contributed by atoms with van der Waals surface area (Å²) < 4.78 is 3.02. The van der Waals surface area contributed by atoms with Gasteiger partial charge in [0, 0.05) is 30.7 Å². The second-order valence-electron chi connectivity index (χ2n) is 5.10. The van der Waals surface area contributed by atoms with Crippen LogP contribution in [-0.2, 0) is 11.3 Å². The van der Waals surface area contributed by atoms with Crippen molar-refractivity contribution in [1.82, 2.24) is 14.5 Å². The third-order valence-electron chi connectivity index (χ3n) is 3.67. The number of hydrazine groups is 1. The van der Waals surface area contributed by atoms with Crippen LogP contribution in [0.4, 0.5) is 0 Å². The minimum atomic E-state index is -0.157. The number of hydrogen-bond donors (Lipinski definition) is 1. The molecule has 126 valence electrons. The monoisotopic (exact) mass is 440 g/mol. The Hall–Kier alpha value is -0.640. The highest BCUT2D eigenvalue weighted by Crippen LogP contribution is 2.29. The van der Waals surface area contributed by atoms with Gasteiger partial charge in [0.15, 0.2) is 0 Å². The Balaban J connectivity index is 0.00000192. The molecule has 0 atom stereocenters. The average Bonchev–Trinajstić information content (AvgIpc) is 2.76. The zero-order valence-corrected chi connectivity index (χ0v) is 16.0. The highest BCUT2D eigenvalue weighted by atomic mass is 79.9. The fourth-order valence-corrected chi connectivity index (χ4v) is 3.98. The predicted octanol–water partition coefficient (Wildman–Crippen LogP) is 1.92. The van der Waals surface area contributed by atoms with Crippen molar-refractivity contribution in [2.45, 2.75) is 6.54 Å². The van der Waals surface area contributed by atoms with Crippen LogP contribution in [-0.4, -0.2) is 46.6 Å². The number of amides is 1. The van der Waals surface area contributed by atoms with E-state index in [0.717, 1.165) is 20.5 Å². The van der Waals surface area contributed by atoms with E-state index in [2.05, 4.69) is 15.9 Å². The molecule has 1 fully saturated rings. The summed E-state index contributed by atoms with van der Waals surface area (Å²) in [6.45, 7) is 2.48. The van der Waals surface area contributed by atoms with Crippen molar-refractivity contribution in [2.24, 2.45) is 5.84 Å². The minimum Gasteiger partial charge on any atom is -0.338 e. The van der Waals surface area contributed by atoms with Gasteiger partial charge in [0.25, 0.3) is 0 Å². The van der Waals surface area contributed by atoms with Crippen molar-refractivity contribution in [3.05, 3.63) is 31.3 Å². The number of carbonyl (C=O) groups excluding carboxylic acids is 1. The van der Waals surface area contributed by atoms with Crippen LogP contribution < -0.4 is 10.7 Å². The number of rotatable bonds is 2. The van der Waals surface area contributed by atoms with Gasteiger partial charge in [0.2, 0.25) is 5.91 Å². The fourth-order valence-electron chi connectivity index (χ4n) is 2.41. The molecule has 0 bridgehead atoms. The molecule has 0 saturated carbocycles. The third kappa shape index (κ3) is 3.89. The maximum atomic E-state index is 12.4. The molecular weight excluding hydrogens is 427 g/mol. The Bertz CT molecular complexity index is 786. The molecule has 0 aliphatic carbocycles. The number of nitrogens with two attached hydrogens (primary N) is 1. The molecule has 0 spiro atoms. The van der Waals surface area contributed by atoms with Crippen molar-refractivity contribution in [3.63, 3.8) is 0 Å². The summed E-state index contributed by atoms with van der Waals surface area (Å²) in [7, 11) is 0. The molecule has 1 saturated heterocycles. The van der Waals surface area contributed by atoms with E-state index in [0.29, 0.717) is 36.7 Å². The topological polar surface area (TPSA) is 71.6 Å². The first-order valence-electron chi connectivity index (χ1n) is 6.71. The lowest BCUT2D eigenvalue weighted by molar-refractivity contribution is -0.133. The fraction of sp³-hybridized carbons (Fsp3) is 0.385. The number of thiazole rings is 1. The lowest BCUT2D eigenvalue weighted by atomic mass is 10.3. The quantitative estimate of drug-likeness (QED) is 0.722. The summed E-state index contributed by atoms with van der Waals surface area (Å²) in [5.41, 5.74) is 0.689. The molecule has 0 unspecified atom stereocenters. The number of hydrogen-bond acceptors (Lipinski definition) is 5. The molecule has 6 nitrogen and oxygen atoms in total. The van der Waals surface area contributed by atoms with Crippen LogP contribution in [0.2, 0.25) is 5.02 Å². The summed E-state index contributed by atoms with van der Waals surface area (Å²) in [5.74, 6) is 5.61. The zero-order valence-electron chi connectivity index (χ0n) is 12.0. The SMILES string of the molecule is Cl.NN1CCN(C(=O)Cn2c(=O)sc3cc(Br)c(Cl)cc32)CC1. The van der Waals surface area contributed by atoms with Gasteiger partial charge in [-0.3, -0.25) is 20.0 Å². The second kappa shape index (κ2) is 7.50. The van der Waals surface area contributed by atoms with Gasteiger partial charge in [-0.05, 0) is 28.1 Å². The zero-order chi connectivity index (χ0) is 15.9. The Morgan fingerprint density at radius 3 is 2.61 bits per heavy atom. The van der Waals surface area contributed by atoms with Crippen LogP contribution >= 0.6 is 51.3 Å². The van der Waals surface area contributed by atoms with E-state index in [1.165, 1.54) is 4.57 Å². The number of nitrogens with zero attached hydrogens (tertiary/aromatic N) is 3. The Morgan fingerprint density at radius 1 is 1.30 bits per heavy atom. The minimum absolute atomic E-state index is 0. The number of carbonyl (C=O) groups is 1. The maximum Gasteiger partial charge on any atom is 0.308 e. The van der Waals surface area contributed by atoms with E-state index in [1.807, 2.05) is 0 Å². The molecule has 1 amide bonds. The van der Waals surface area contributed by atoms with E-state index in [1.54, 1.807) is 22.0 Å². The molecule has 1 aliphatic rings. The van der Waals surface area contributed by atoms with Gasteiger partial charge in [-0.1, -0.05) is 22.9 Å². The number of halogens is 3. The van der Waals surface area contributed by atoms with E-state index < -0.39 is 0 Å².